The molecule has 0 fully saturated rings. The highest BCUT2D eigenvalue weighted by Gasteiger charge is 2.13. The fourth-order valence-electron chi connectivity index (χ4n) is 1.74. The Morgan fingerprint density at radius 2 is 1.47 bits per heavy atom. The first-order valence-corrected chi connectivity index (χ1v) is 5.72. The van der Waals surface area contributed by atoms with Crippen LogP contribution < -0.4 is 0 Å². The summed E-state index contributed by atoms with van der Waals surface area (Å²) in [7, 11) is 4.12. The Morgan fingerprint density at radius 3 is 1.80 bits per heavy atom. The van der Waals surface area contributed by atoms with Gasteiger partial charge in [-0.05, 0) is 33.9 Å². The van der Waals surface area contributed by atoms with Crippen molar-refractivity contribution in [2.45, 2.75) is 25.8 Å². The van der Waals surface area contributed by atoms with Gasteiger partial charge in [0.25, 0.3) is 0 Å². The van der Waals surface area contributed by atoms with Crippen LogP contribution in [0.25, 0.3) is 0 Å². The smallest absolute Gasteiger partial charge is 0.0443 e. The van der Waals surface area contributed by atoms with Gasteiger partial charge in [0.2, 0.25) is 0 Å². The lowest BCUT2D eigenvalue weighted by atomic mass is 10.2. The van der Waals surface area contributed by atoms with Crippen molar-refractivity contribution < 1.29 is 10.2 Å². The van der Waals surface area contributed by atoms with Crippen molar-refractivity contribution in [3.05, 3.63) is 0 Å². The van der Waals surface area contributed by atoms with Gasteiger partial charge >= 0.3 is 0 Å². The molecule has 0 saturated carbocycles. The maximum atomic E-state index is 8.82. The van der Waals surface area contributed by atoms with Crippen molar-refractivity contribution >= 4 is 0 Å². The van der Waals surface area contributed by atoms with Crippen LogP contribution in [0.1, 0.15) is 19.8 Å². The van der Waals surface area contributed by atoms with E-state index >= 15 is 0 Å². The molecule has 2 N–H and O–H groups in total. The molecule has 0 amide bonds. The summed E-state index contributed by atoms with van der Waals surface area (Å²) in [5.41, 5.74) is 0. The van der Waals surface area contributed by atoms with Crippen LogP contribution in [0.5, 0.6) is 0 Å². The number of aliphatic hydroxyl groups is 2. The number of hydrogen-bond donors (Lipinski definition) is 2. The van der Waals surface area contributed by atoms with Gasteiger partial charge in [-0.25, -0.2) is 0 Å². The summed E-state index contributed by atoms with van der Waals surface area (Å²) >= 11 is 0. The largest absolute Gasteiger partial charge is 0.396 e. The zero-order valence-corrected chi connectivity index (χ0v) is 10.3. The Bertz CT molecular complexity index is 135. The minimum Gasteiger partial charge on any atom is -0.396 e. The molecule has 92 valence electrons. The van der Waals surface area contributed by atoms with Crippen LogP contribution in [0, 0.1) is 0 Å². The molecular weight excluding hydrogens is 192 g/mol. The zero-order chi connectivity index (χ0) is 11.7. The second kappa shape index (κ2) is 9.09. The lowest BCUT2D eigenvalue weighted by Gasteiger charge is -2.30. The summed E-state index contributed by atoms with van der Waals surface area (Å²) in [6, 6.07) is 0.470. The summed E-state index contributed by atoms with van der Waals surface area (Å²) < 4.78 is 0. The van der Waals surface area contributed by atoms with Gasteiger partial charge in [0.05, 0.1) is 0 Å². The predicted octanol–water partition coefficient (Wildman–Crippen LogP) is 0.00330. The Kier molecular flexibility index (Phi) is 9.00. The molecule has 0 saturated heterocycles. The molecule has 0 rings (SSSR count). The van der Waals surface area contributed by atoms with E-state index < -0.39 is 0 Å². The summed E-state index contributed by atoms with van der Waals surface area (Å²) in [5, 5.41) is 17.6. The van der Waals surface area contributed by atoms with E-state index in [0.29, 0.717) is 6.04 Å². The van der Waals surface area contributed by atoms with Gasteiger partial charge in [-0.1, -0.05) is 0 Å². The number of hydrogen-bond acceptors (Lipinski definition) is 4. The van der Waals surface area contributed by atoms with Crippen LogP contribution >= 0.6 is 0 Å². The van der Waals surface area contributed by atoms with Crippen LogP contribution in [0.15, 0.2) is 0 Å². The molecule has 0 aliphatic heterocycles. The number of likely N-dealkylation sites (N-methyl/N-ethyl adjacent to an activating group) is 1. The molecule has 0 aliphatic rings. The minimum atomic E-state index is 0.240. The molecule has 0 bridgehead atoms. The highest BCUT2D eigenvalue weighted by molar-refractivity contribution is 4.69. The topological polar surface area (TPSA) is 46.9 Å². The Morgan fingerprint density at radius 1 is 1.00 bits per heavy atom. The van der Waals surface area contributed by atoms with Crippen molar-refractivity contribution in [2.24, 2.45) is 0 Å². The third kappa shape index (κ3) is 7.73. The Labute approximate surface area is 93.5 Å². The van der Waals surface area contributed by atoms with E-state index in [9.17, 15) is 0 Å². The highest BCUT2D eigenvalue weighted by Crippen LogP contribution is 2.03. The van der Waals surface area contributed by atoms with Gasteiger partial charge in [0.15, 0.2) is 0 Å². The summed E-state index contributed by atoms with van der Waals surface area (Å²) in [5.74, 6) is 0. The van der Waals surface area contributed by atoms with Gasteiger partial charge in [-0.2, -0.15) is 0 Å². The van der Waals surface area contributed by atoms with Crippen LogP contribution in [-0.4, -0.2) is 73.0 Å². The quantitative estimate of drug-likeness (QED) is 0.572. The van der Waals surface area contributed by atoms with Gasteiger partial charge in [-0.15, -0.1) is 0 Å². The first-order valence-electron chi connectivity index (χ1n) is 5.72. The third-order valence-electron chi connectivity index (χ3n) is 2.46. The SMILES string of the molecule is CC(CN(C)C)N(CCCO)CCCO. The number of rotatable bonds is 9. The second-order valence-electron chi connectivity index (χ2n) is 4.30. The molecule has 0 aliphatic carbocycles. The van der Waals surface area contributed by atoms with E-state index in [1.807, 2.05) is 0 Å². The third-order valence-corrected chi connectivity index (χ3v) is 2.46. The average molecular weight is 218 g/mol. The Balaban J connectivity index is 3.95. The second-order valence-corrected chi connectivity index (χ2v) is 4.30. The molecule has 15 heavy (non-hydrogen) atoms. The normalized spacial score (nSPS) is 13.8. The fraction of sp³-hybridized carbons (Fsp3) is 1.00. The van der Waals surface area contributed by atoms with E-state index in [-0.39, 0.29) is 13.2 Å². The van der Waals surface area contributed by atoms with Crippen LogP contribution in [0.2, 0.25) is 0 Å². The summed E-state index contributed by atoms with van der Waals surface area (Å²) in [6.07, 6.45) is 1.62. The molecule has 0 radical (unpaired) electrons. The van der Waals surface area contributed by atoms with E-state index in [1.165, 1.54) is 0 Å². The van der Waals surface area contributed by atoms with Crippen molar-refractivity contribution in [1.29, 1.82) is 0 Å². The van der Waals surface area contributed by atoms with Gasteiger partial charge in [-0.3, -0.25) is 4.90 Å². The molecule has 0 spiro atoms. The first-order chi connectivity index (χ1) is 7.11. The fourth-order valence-corrected chi connectivity index (χ4v) is 1.74. The molecule has 4 heteroatoms. The van der Waals surface area contributed by atoms with Crippen LogP contribution in [0.4, 0.5) is 0 Å². The van der Waals surface area contributed by atoms with E-state index in [1.54, 1.807) is 0 Å². The van der Waals surface area contributed by atoms with Crippen molar-refractivity contribution in [2.75, 3.05) is 46.9 Å². The van der Waals surface area contributed by atoms with E-state index in [4.69, 9.17) is 10.2 Å². The van der Waals surface area contributed by atoms with E-state index in [2.05, 4.69) is 30.8 Å². The highest BCUT2D eigenvalue weighted by atomic mass is 16.3. The van der Waals surface area contributed by atoms with Gasteiger partial charge < -0.3 is 15.1 Å². The number of nitrogens with zero attached hydrogens (tertiary/aromatic N) is 2. The van der Waals surface area contributed by atoms with Gasteiger partial charge in [0.1, 0.15) is 0 Å². The molecule has 4 nitrogen and oxygen atoms in total. The molecule has 0 aromatic heterocycles. The minimum absolute atomic E-state index is 0.240. The molecule has 0 aromatic rings. The standard InChI is InChI=1S/C11H26N2O2/c1-11(10-12(2)3)13(6-4-8-14)7-5-9-15/h11,14-15H,4-10H2,1-3H3. The first kappa shape index (κ1) is 14.8. The van der Waals surface area contributed by atoms with Crippen LogP contribution in [0.3, 0.4) is 0 Å². The number of aliphatic hydroxyl groups excluding tert-OH is 2. The van der Waals surface area contributed by atoms with Crippen molar-refractivity contribution in [3.8, 4) is 0 Å². The monoisotopic (exact) mass is 218 g/mol. The average Bonchev–Trinajstić information content (AvgIpc) is 2.17. The molecule has 0 aromatic carbocycles. The van der Waals surface area contributed by atoms with Gasteiger partial charge in [0, 0.05) is 38.9 Å². The maximum absolute atomic E-state index is 8.82. The zero-order valence-electron chi connectivity index (χ0n) is 10.3. The lowest BCUT2D eigenvalue weighted by molar-refractivity contribution is 0.145. The van der Waals surface area contributed by atoms with Crippen molar-refractivity contribution in [1.82, 2.24) is 9.80 Å². The molecule has 1 atom stereocenters. The molecule has 0 heterocycles. The lowest BCUT2D eigenvalue weighted by Crippen LogP contribution is -2.41. The van der Waals surface area contributed by atoms with E-state index in [0.717, 1.165) is 32.5 Å². The predicted molar refractivity (Wildman–Crippen MR) is 63.0 cm³/mol. The summed E-state index contributed by atoms with van der Waals surface area (Å²) in [6.45, 7) is 5.50. The maximum Gasteiger partial charge on any atom is 0.0443 e. The summed E-state index contributed by atoms with van der Waals surface area (Å²) in [4.78, 5) is 4.49. The Hall–Kier alpha value is -0.160. The van der Waals surface area contributed by atoms with Crippen LogP contribution in [-0.2, 0) is 0 Å². The molecule has 1 unspecified atom stereocenters. The van der Waals surface area contributed by atoms with Crippen molar-refractivity contribution in [3.63, 3.8) is 0 Å². The molecular formula is C11H26N2O2.